The number of halogens is 1. The van der Waals surface area contributed by atoms with Crippen molar-refractivity contribution in [3.63, 3.8) is 0 Å². The lowest BCUT2D eigenvalue weighted by Gasteiger charge is -2.19. The van der Waals surface area contributed by atoms with Crippen molar-refractivity contribution in [2.24, 2.45) is 5.84 Å². The van der Waals surface area contributed by atoms with Gasteiger partial charge in [0.25, 0.3) is 0 Å². The fourth-order valence-corrected chi connectivity index (χ4v) is 2.97. The summed E-state index contributed by atoms with van der Waals surface area (Å²) in [5, 5.41) is 0. The molecule has 2 aromatic rings. The van der Waals surface area contributed by atoms with E-state index in [0.29, 0.717) is 0 Å². The molecule has 0 aliphatic rings. The molecular weight excluding hydrogens is 328 g/mol. The van der Waals surface area contributed by atoms with Crippen LogP contribution in [0.5, 0.6) is 5.75 Å². The summed E-state index contributed by atoms with van der Waals surface area (Å²) < 4.78 is 6.20. The Morgan fingerprint density at radius 3 is 2.57 bits per heavy atom. The smallest absolute Gasteiger partial charge is 0.133 e. The van der Waals surface area contributed by atoms with Crippen LogP contribution in [0.4, 0.5) is 0 Å². The second-order valence-corrected chi connectivity index (χ2v) is 6.10. The summed E-state index contributed by atoms with van der Waals surface area (Å²) in [6.45, 7) is 4.24. The van der Waals surface area contributed by atoms with Crippen molar-refractivity contribution in [2.75, 3.05) is 7.11 Å². The van der Waals surface area contributed by atoms with Gasteiger partial charge in [-0.15, -0.1) is 0 Å². The number of nitrogens with two attached hydrogens (primary N) is 1. The first kappa shape index (κ1) is 16.0. The normalized spacial score (nSPS) is 12.2. The predicted molar refractivity (Wildman–Crippen MR) is 90.4 cm³/mol. The van der Waals surface area contributed by atoms with Gasteiger partial charge in [-0.3, -0.25) is 11.3 Å². The molecule has 0 aliphatic carbocycles. The zero-order valence-corrected chi connectivity index (χ0v) is 14.2. The minimum Gasteiger partial charge on any atom is -0.496 e. The summed E-state index contributed by atoms with van der Waals surface area (Å²) in [6.07, 6.45) is 0.850. The topological polar surface area (TPSA) is 47.3 Å². The van der Waals surface area contributed by atoms with Crippen LogP contribution < -0.4 is 16.0 Å². The molecule has 0 radical (unpaired) electrons. The Hall–Kier alpha value is -1.36. The van der Waals surface area contributed by atoms with E-state index < -0.39 is 0 Å². The van der Waals surface area contributed by atoms with Crippen LogP contribution >= 0.6 is 15.9 Å². The van der Waals surface area contributed by atoms with Gasteiger partial charge in [0.05, 0.1) is 17.6 Å². The maximum absolute atomic E-state index is 5.76. The minimum atomic E-state index is 0.0627. The molecule has 0 fully saturated rings. The average molecular weight is 349 g/mol. The molecule has 1 atom stereocenters. The zero-order valence-electron chi connectivity index (χ0n) is 12.6. The quantitative estimate of drug-likeness (QED) is 0.637. The number of hydrogen-bond donors (Lipinski definition) is 2. The van der Waals surface area contributed by atoms with Gasteiger partial charge in [-0.1, -0.05) is 29.8 Å². The highest BCUT2D eigenvalue weighted by atomic mass is 79.9. The molecule has 0 aliphatic heterocycles. The second kappa shape index (κ2) is 7.07. The van der Waals surface area contributed by atoms with Crippen molar-refractivity contribution in [1.82, 2.24) is 5.43 Å². The number of aryl methyl sites for hydroxylation is 2. The van der Waals surface area contributed by atoms with Crippen LogP contribution in [0.1, 0.15) is 28.3 Å². The van der Waals surface area contributed by atoms with E-state index in [4.69, 9.17) is 10.6 Å². The predicted octanol–water partition coefficient (Wildman–Crippen LogP) is 3.82. The maximum atomic E-state index is 5.76. The lowest BCUT2D eigenvalue weighted by molar-refractivity contribution is 0.411. The molecule has 0 aromatic heterocycles. The van der Waals surface area contributed by atoms with Crippen molar-refractivity contribution >= 4 is 15.9 Å². The number of hydrogen-bond acceptors (Lipinski definition) is 3. The third-order valence-electron chi connectivity index (χ3n) is 3.71. The standard InChI is InChI=1S/C17H21BrN2O/c1-11-4-5-12(2)14(8-11)10-16(20-19)13-6-7-17(21-3)15(18)9-13/h4-9,16,20H,10,19H2,1-3H3. The van der Waals surface area contributed by atoms with Crippen molar-refractivity contribution in [3.05, 3.63) is 63.1 Å². The van der Waals surface area contributed by atoms with Crippen LogP contribution in [-0.4, -0.2) is 7.11 Å². The van der Waals surface area contributed by atoms with Gasteiger partial charge in [0.15, 0.2) is 0 Å². The van der Waals surface area contributed by atoms with Crippen molar-refractivity contribution in [1.29, 1.82) is 0 Å². The molecule has 0 saturated heterocycles. The Labute approximate surface area is 134 Å². The van der Waals surface area contributed by atoms with E-state index >= 15 is 0 Å². The molecule has 21 heavy (non-hydrogen) atoms. The fraction of sp³-hybridized carbons (Fsp3) is 0.294. The van der Waals surface area contributed by atoms with E-state index in [2.05, 4.69) is 59.5 Å². The van der Waals surface area contributed by atoms with Gasteiger partial charge in [-0.2, -0.15) is 0 Å². The number of rotatable bonds is 5. The van der Waals surface area contributed by atoms with Crippen molar-refractivity contribution in [3.8, 4) is 5.75 Å². The molecule has 3 N–H and O–H groups in total. The third kappa shape index (κ3) is 3.84. The van der Waals surface area contributed by atoms with Crippen molar-refractivity contribution in [2.45, 2.75) is 26.3 Å². The van der Waals surface area contributed by atoms with Crippen LogP contribution in [0.25, 0.3) is 0 Å². The first-order chi connectivity index (χ1) is 10.0. The van der Waals surface area contributed by atoms with E-state index in [1.54, 1.807) is 7.11 Å². The van der Waals surface area contributed by atoms with E-state index in [1.165, 1.54) is 16.7 Å². The van der Waals surface area contributed by atoms with Gasteiger partial charge in [0.1, 0.15) is 5.75 Å². The zero-order chi connectivity index (χ0) is 15.4. The van der Waals surface area contributed by atoms with Crippen LogP contribution in [0.2, 0.25) is 0 Å². The Morgan fingerprint density at radius 2 is 1.95 bits per heavy atom. The summed E-state index contributed by atoms with van der Waals surface area (Å²) in [4.78, 5) is 0. The highest BCUT2D eigenvalue weighted by molar-refractivity contribution is 9.10. The number of hydrazine groups is 1. The lowest BCUT2D eigenvalue weighted by Crippen LogP contribution is -2.29. The van der Waals surface area contributed by atoms with E-state index in [0.717, 1.165) is 22.2 Å². The van der Waals surface area contributed by atoms with Crippen molar-refractivity contribution < 1.29 is 4.74 Å². The number of nitrogens with one attached hydrogen (secondary N) is 1. The maximum Gasteiger partial charge on any atom is 0.133 e. The summed E-state index contributed by atoms with van der Waals surface area (Å²) in [6, 6.07) is 12.6. The molecule has 0 amide bonds. The van der Waals surface area contributed by atoms with E-state index in [1.807, 2.05) is 12.1 Å². The summed E-state index contributed by atoms with van der Waals surface area (Å²) in [5.41, 5.74) is 7.91. The SMILES string of the molecule is COc1ccc(C(Cc2cc(C)ccc2C)NN)cc1Br. The summed E-state index contributed by atoms with van der Waals surface area (Å²) in [5.74, 6) is 6.59. The van der Waals surface area contributed by atoms with Crippen LogP contribution in [0, 0.1) is 13.8 Å². The molecule has 4 heteroatoms. The van der Waals surface area contributed by atoms with Crippen LogP contribution in [0.15, 0.2) is 40.9 Å². The first-order valence-electron chi connectivity index (χ1n) is 6.91. The average Bonchev–Trinajstić information content (AvgIpc) is 2.48. The van der Waals surface area contributed by atoms with E-state index in [9.17, 15) is 0 Å². The van der Waals surface area contributed by atoms with Gasteiger partial charge in [0.2, 0.25) is 0 Å². The van der Waals surface area contributed by atoms with E-state index in [-0.39, 0.29) is 6.04 Å². The highest BCUT2D eigenvalue weighted by Crippen LogP contribution is 2.29. The Kier molecular flexibility index (Phi) is 5.39. The summed E-state index contributed by atoms with van der Waals surface area (Å²) >= 11 is 3.52. The number of ether oxygens (including phenoxy) is 1. The van der Waals surface area contributed by atoms with Gasteiger partial charge < -0.3 is 4.74 Å². The second-order valence-electron chi connectivity index (χ2n) is 5.25. The number of benzene rings is 2. The van der Waals surface area contributed by atoms with Crippen LogP contribution in [-0.2, 0) is 6.42 Å². The Balaban J connectivity index is 2.27. The molecule has 0 saturated carbocycles. The Bertz CT molecular complexity index is 628. The molecule has 3 nitrogen and oxygen atoms in total. The molecule has 2 rings (SSSR count). The third-order valence-corrected chi connectivity index (χ3v) is 4.33. The van der Waals surface area contributed by atoms with Gasteiger partial charge in [0, 0.05) is 0 Å². The minimum absolute atomic E-state index is 0.0627. The lowest BCUT2D eigenvalue weighted by atomic mass is 9.95. The molecule has 1 unspecified atom stereocenters. The number of methoxy groups -OCH3 is 1. The molecule has 0 spiro atoms. The molecule has 2 aromatic carbocycles. The monoisotopic (exact) mass is 348 g/mol. The molecule has 112 valence electrons. The fourth-order valence-electron chi connectivity index (χ4n) is 2.41. The van der Waals surface area contributed by atoms with Gasteiger partial charge >= 0.3 is 0 Å². The van der Waals surface area contributed by atoms with Gasteiger partial charge in [-0.05, 0) is 65.0 Å². The van der Waals surface area contributed by atoms with Gasteiger partial charge in [-0.25, -0.2) is 0 Å². The highest BCUT2D eigenvalue weighted by Gasteiger charge is 2.14. The largest absolute Gasteiger partial charge is 0.496 e. The van der Waals surface area contributed by atoms with Crippen LogP contribution in [0.3, 0.4) is 0 Å². The first-order valence-corrected chi connectivity index (χ1v) is 7.70. The molecular formula is C17H21BrN2O. The molecule has 0 heterocycles. The summed E-state index contributed by atoms with van der Waals surface area (Å²) in [7, 11) is 1.66. The molecule has 0 bridgehead atoms. The Morgan fingerprint density at radius 1 is 1.19 bits per heavy atom.